The first-order chi connectivity index (χ1) is 11.7. The van der Waals surface area contributed by atoms with Gasteiger partial charge >= 0.3 is 0 Å². The number of nitrogens with one attached hydrogen (secondary N) is 2. The molecule has 0 aliphatic rings. The molecular weight excluding hydrogens is 429 g/mol. The number of hydrogen-bond acceptors (Lipinski definition) is 3. The van der Waals surface area contributed by atoms with Crippen LogP contribution < -0.4 is 15.4 Å². The van der Waals surface area contributed by atoms with E-state index in [9.17, 15) is 0 Å². The van der Waals surface area contributed by atoms with Crippen LogP contribution in [-0.4, -0.2) is 43.0 Å². The Morgan fingerprint density at radius 3 is 2.76 bits per heavy atom. The molecule has 0 atom stereocenters. The van der Waals surface area contributed by atoms with Crippen molar-refractivity contribution in [1.29, 1.82) is 0 Å². The molecule has 0 unspecified atom stereocenters. The van der Waals surface area contributed by atoms with Crippen LogP contribution in [0.15, 0.2) is 41.7 Å². The summed E-state index contributed by atoms with van der Waals surface area (Å²) in [5.41, 5.74) is 2.41. The van der Waals surface area contributed by atoms with Crippen molar-refractivity contribution in [2.75, 3.05) is 27.2 Å². The molecule has 2 aromatic rings. The number of aromatic nitrogens is 2. The molecular formula is C18H28IN5O. The average Bonchev–Trinajstić information content (AvgIpc) is 3.11. The van der Waals surface area contributed by atoms with Crippen molar-refractivity contribution < 1.29 is 4.74 Å². The van der Waals surface area contributed by atoms with Crippen LogP contribution in [0.5, 0.6) is 5.75 Å². The predicted octanol–water partition coefficient (Wildman–Crippen LogP) is 2.62. The Labute approximate surface area is 167 Å². The second-order valence-corrected chi connectivity index (χ2v) is 5.60. The van der Waals surface area contributed by atoms with E-state index >= 15 is 0 Å². The number of benzene rings is 1. The van der Waals surface area contributed by atoms with Crippen LogP contribution in [0, 0.1) is 6.92 Å². The first-order valence-corrected chi connectivity index (χ1v) is 8.28. The van der Waals surface area contributed by atoms with E-state index in [1.54, 1.807) is 20.4 Å². The summed E-state index contributed by atoms with van der Waals surface area (Å²) in [6.45, 7) is 4.64. The van der Waals surface area contributed by atoms with Crippen LogP contribution >= 0.6 is 24.0 Å². The first-order valence-electron chi connectivity index (χ1n) is 8.28. The molecule has 1 heterocycles. The maximum atomic E-state index is 5.37. The molecule has 0 aliphatic carbocycles. The van der Waals surface area contributed by atoms with Crippen molar-refractivity contribution in [3.05, 3.63) is 47.8 Å². The van der Waals surface area contributed by atoms with E-state index in [2.05, 4.69) is 45.8 Å². The van der Waals surface area contributed by atoms with Crippen molar-refractivity contribution in [2.24, 2.45) is 4.99 Å². The van der Waals surface area contributed by atoms with Gasteiger partial charge in [0.25, 0.3) is 0 Å². The third-order valence-corrected chi connectivity index (χ3v) is 3.82. The molecule has 2 rings (SSSR count). The van der Waals surface area contributed by atoms with E-state index in [-0.39, 0.29) is 24.0 Å². The first kappa shape index (κ1) is 21.3. The largest absolute Gasteiger partial charge is 0.496 e. The van der Waals surface area contributed by atoms with Gasteiger partial charge in [-0.1, -0.05) is 12.1 Å². The fourth-order valence-electron chi connectivity index (χ4n) is 2.45. The van der Waals surface area contributed by atoms with Crippen LogP contribution in [0.3, 0.4) is 0 Å². The smallest absolute Gasteiger partial charge is 0.190 e. The van der Waals surface area contributed by atoms with Crippen molar-refractivity contribution in [3.8, 4) is 5.75 Å². The minimum Gasteiger partial charge on any atom is -0.496 e. The minimum atomic E-state index is 0. The van der Waals surface area contributed by atoms with Gasteiger partial charge < -0.3 is 15.4 Å². The molecule has 0 amide bonds. The lowest BCUT2D eigenvalue weighted by Gasteiger charge is -2.12. The zero-order valence-electron chi connectivity index (χ0n) is 15.2. The van der Waals surface area contributed by atoms with Gasteiger partial charge in [0, 0.05) is 39.1 Å². The Balaban J connectivity index is 0.00000312. The molecule has 1 aromatic carbocycles. The van der Waals surface area contributed by atoms with Gasteiger partial charge in [-0.3, -0.25) is 9.67 Å². The van der Waals surface area contributed by atoms with Crippen molar-refractivity contribution in [1.82, 2.24) is 20.4 Å². The molecule has 0 bridgehead atoms. The molecule has 0 radical (unpaired) electrons. The second-order valence-electron chi connectivity index (χ2n) is 5.60. The molecule has 138 valence electrons. The SMILES string of the molecule is CN=C(NCCCn1cccn1)NCCc1ccc(C)c(OC)c1.I. The molecule has 0 fully saturated rings. The number of nitrogens with zero attached hydrogens (tertiary/aromatic N) is 3. The Kier molecular flexibility index (Phi) is 9.98. The van der Waals surface area contributed by atoms with Crippen molar-refractivity contribution >= 4 is 29.9 Å². The Morgan fingerprint density at radius 2 is 2.08 bits per heavy atom. The zero-order chi connectivity index (χ0) is 17.2. The number of ether oxygens (including phenoxy) is 1. The van der Waals surface area contributed by atoms with Crippen molar-refractivity contribution in [3.63, 3.8) is 0 Å². The maximum absolute atomic E-state index is 5.37. The molecule has 0 spiro atoms. The van der Waals surface area contributed by atoms with E-state index in [1.165, 1.54) is 5.56 Å². The van der Waals surface area contributed by atoms with Gasteiger partial charge in [0.1, 0.15) is 5.75 Å². The highest BCUT2D eigenvalue weighted by Crippen LogP contribution is 2.18. The maximum Gasteiger partial charge on any atom is 0.190 e. The summed E-state index contributed by atoms with van der Waals surface area (Å²) in [4.78, 5) is 4.25. The van der Waals surface area contributed by atoms with Crippen LogP contribution in [0.1, 0.15) is 17.5 Å². The summed E-state index contributed by atoms with van der Waals surface area (Å²) in [5.74, 6) is 1.77. The molecule has 2 N–H and O–H groups in total. The molecule has 7 heteroatoms. The Bertz CT molecular complexity index is 643. The topological polar surface area (TPSA) is 63.5 Å². The summed E-state index contributed by atoms with van der Waals surface area (Å²) in [6, 6.07) is 8.27. The highest BCUT2D eigenvalue weighted by molar-refractivity contribution is 14.0. The number of aryl methyl sites for hydroxylation is 2. The number of guanidine groups is 1. The summed E-state index contributed by atoms with van der Waals surface area (Å²) in [5, 5.41) is 10.9. The van der Waals surface area contributed by atoms with Crippen molar-refractivity contribution in [2.45, 2.75) is 26.3 Å². The van der Waals surface area contributed by atoms with Crippen LogP contribution in [0.25, 0.3) is 0 Å². The van der Waals surface area contributed by atoms with Gasteiger partial charge in [-0.05, 0) is 43.0 Å². The summed E-state index contributed by atoms with van der Waals surface area (Å²) in [6.07, 6.45) is 5.69. The molecule has 0 saturated heterocycles. The van der Waals surface area contributed by atoms with Gasteiger partial charge in [-0.25, -0.2) is 0 Å². The van der Waals surface area contributed by atoms with E-state index in [0.717, 1.165) is 49.7 Å². The molecule has 6 nitrogen and oxygen atoms in total. The summed E-state index contributed by atoms with van der Waals surface area (Å²) < 4.78 is 7.30. The van der Waals surface area contributed by atoms with E-state index in [1.807, 2.05) is 16.9 Å². The number of halogens is 1. The summed E-state index contributed by atoms with van der Waals surface area (Å²) >= 11 is 0. The van der Waals surface area contributed by atoms with E-state index in [4.69, 9.17) is 4.74 Å². The lowest BCUT2D eigenvalue weighted by molar-refractivity contribution is 0.411. The summed E-state index contributed by atoms with van der Waals surface area (Å²) in [7, 11) is 3.50. The molecule has 1 aromatic heterocycles. The number of hydrogen-bond donors (Lipinski definition) is 2. The quantitative estimate of drug-likeness (QED) is 0.277. The molecule has 25 heavy (non-hydrogen) atoms. The van der Waals surface area contributed by atoms with Gasteiger partial charge in [0.05, 0.1) is 7.11 Å². The number of methoxy groups -OCH3 is 1. The fourth-order valence-corrected chi connectivity index (χ4v) is 2.45. The van der Waals surface area contributed by atoms with Crippen LogP contribution in [0.4, 0.5) is 0 Å². The lowest BCUT2D eigenvalue weighted by atomic mass is 10.1. The highest BCUT2D eigenvalue weighted by Gasteiger charge is 2.02. The average molecular weight is 457 g/mol. The second kappa shape index (κ2) is 11.7. The fraction of sp³-hybridized carbons (Fsp3) is 0.444. The number of aliphatic imine (C=N–C) groups is 1. The standard InChI is InChI=1S/C18H27N5O.HI/c1-15-6-7-16(14-17(15)24-3)8-11-21-18(19-2)20-9-4-12-23-13-5-10-22-23;/h5-7,10,13-14H,4,8-9,11-12H2,1-3H3,(H2,19,20,21);1H. The normalized spacial score (nSPS) is 10.9. The lowest BCUT2D eigenvalue weighted by Crippen LogP contribution is -2.39. The minimum absolute atomic E-state index is 0. The van der Waals surface area contributed by atoms with Gasteiger partial charge in [-0.2, -0.15) is 5.10 Å². The zero-order valence-corrected chi connectivity index (χ0v) is 17.5. The molecule has 0 saturated carbocycles. The highest BCUT2D eigenvalue weighted by atomic mass is 127. The Morgan fingerprint density at radius 1 is 1.28 bits per heavy atom. The monoisotopic (exact) mass is 457 g/mol. The van der Waals surface area contributed by atoms with Crippen LogP contribution in [0.2, 0.25) is 0 Å². The van der Waals surface area contributed by atoms with Crippen LogP contribution in [-0.2, 0) is 13.0 Å². The third-order valence-electron chi connectivity index (χ3n) is 3.82. The van der Waals surface area contributed by atoms with E-state index in [0.29, 0.717) is 0 Å². The number of rotatable bonds is 8. The molecule has 0 aliphatic heterocycles. The van der Waals surface area contributed by atoms with Gasteiger partial charge in [-0.15, -0.1) is 24.0 Å². The van der Waals surface area contributed by atoms with Gasteiger partial charge in [0.15, 0.2) is 5.96 Å². The van der Waals surface area contributed by atoms with E-state index < -0.39 is 0 Å². The third kappa shape index (κ3) is 7.33. The predicted molar refractivity (Wildman–Crippen MR) is 113 cm³/mol. The Hall–Kier alpha value is -1.77. The van der Waals surface area contributed by atoms with Gasteiger partial charge in [0.2, 0.25) is 0 Å².